The Labute approximate surface area is 165 Å². The summed E-state index contributed by atoms with van der Waals surface area (Å²) in [6.45, 7) is 7.60. The van der Waals surface area contributed by atoms with Crippen LogP contribution in [0.15, 0.2) is 60.7 Å². The Balaban J connectivity index is 2.22. The highest BCUT2D eigenvalue weighted by atomic mass is 28.4. The molecule has 0 aliphatic heterocycles. The number of unbranched alkanes of at least 4 members (excludes halogenated alkanes) is 2. The van der Waals surface area contributed by atoms with Crippen molar-refractivity contribution in [1.82, 2.24) is 0 Å². The number of benzene rings is 2. The summed E-state index contributed by atoms with van der Waals surface area (Å²) in [6, 6.07) is 21.4. The van der Waals surface area contributed by atoms with Crippen LogP contribution in [0.3, 0.4) is 0 Å². The number of aliphatic hydroxyl groups is 1. The molecule has 0 saturated heterocycles. The first-order valence-corrected chi connectivity index (χ1v) is 11.7. The maximum Gasteiger partial charge on any atom is 0.261 e. The van der Waals surface area contributed by atoms with Crippen molar-refractivity contribution in [3.05, 3.63) is 60.7 Å². The average molecular weight is 381 g/mol. The van der Waals surface area contributed by atoms with Crippen LogP contribution >= 0.6 is 0 Å². The average Bonchev–Trinajstić information content (AvgIpc) is 2.67. The first-order valence-electron chi connectivity index (χ1n) is 9.81. The molecule has 1 N–H and O–H groups in total. The zero-order chi connectivity index (χ0) is 19.8. The second-order valence-corrected chi connectivity index (χ2v) is 12.3. The van der Waals surface area contributed by atoms with Gasteiger partial charge in [0.25, 0.3) is 8.32 Å². The van der Waals surface area contributed by atoms with Crippen LogP contribution in [0.4, 0.5) is 0 Å². The molecule has 0 aromatic heterocycles. The molecule has 0 fully saturated rings. The second-order valence-electron chi connectivity index (χ2n) is 8.04. The van der Waals surface area contributed by atoms with Crippen LogP contribution in [0.25, 0.3) is 0 Å². The van der Waals surface area contributed by atoms with Gasteiger partial charge in [0.1, 0.15) is 6.10 Å². The number of hydrogen-bond acceptors (Lipinski definition) is 2. The first kappa shape index (κ1) is 21.4. The van der Waals surface area contributed by atoms with Crippen molar-refractivity contribution in [3.63, 3.8) is 0 Å². The van der Waals surface area contributed by atoms with Crippen molar-refractivity contribution in [1.29, 1.82) is 0 Å². The van der Waals surface area contributed by atoms with Gasteiger partial charge in [-0.25, -0.2) is 0 Å². The lowest BCUT2D eigenvalue weighted by molar-refractivity contribution is 0.214. The minimum Gasteiger partial charge on any atom is -0.407 e. The van der Waals surface area contributed by atoms with Crippen molar-refractivity contribution in [3.8, 4) is 12.3 Å². The molecule has 2 aromatic rings. The Kier molecular flexibility index (Phi) is 7.86. The van der Waals surface area contributed by atoms with E-state index in [2.05, 4.69) is 87.4 Å². The zero-order valence-corrected chi connectivity index (χ0v) is 17.8. The Bertz CT molecular complexity index is 674. The van der Waals surface area contributed by atoms with Crippen LogP contribution in [-0.4, -0.2) is 26.1 Å². The minimum absolute atomic E-state index is 0.00930. The van der Waals surface area contributed by atoms with E-state index in [1.165, 1.54) is 10.4 Å². The van der Waals surface area contributed by atoms with E-state index in [9.17, 15) is 5.11 Å². The second kappa shape index (κ2) is 9.89. The number of rotatable bonds is 9. The lowest BCUT2D eigenvalue weighted by atomic mass is 10.1. The number of terminal acetylenes is 1. The Morgan fingerprint density at radius 2 is 1.44 bits per heavy atom. The summed E-state index contributed by atoms with van der Waals surface area (Å²) in [6.07, 6.45) is 8.18. The summed E-state index contributed by atoms with van der Waals surface area (Å²) in [4.78, 5) is 0. The third kappa shape index (κ3) is 5.32. The fourth-order valence-electron chi connectivity index (χ4n) is 3.69. The summed E-state index contributed by atoms with van der Waals surface area (Å²) in [5.41, 5.74) is 0. The third-order valence-electron chi connectivity index (χ3n) is 5.05. The molecular weight excluding hydrogens is 348 g/mol. The van der Waals surface area contributed by atoms with Crippen LogP contribution in [0.5, 0.6) is 0 Å². The summed E-state index contributed by atoms with van der Waals surface area (Å²) < 4.78 is 6.84. The van der Waals surface area contributed by atoms with E-state index in [1.54, 1.807) is 0 Å². The fourth-order valence-corrected chi connectivity index (χ4v) is 8.29. The highest BCUT2D eigenvalue weighted by molar-refractivity contribution is 6.99. The third-order valence-corrected chi connectivity index (χ3v) is 10.1. The molecule has 0 unspecified atom stereocenters. The van der Waals surface area contributed by atoms with Gasteiger partial charge in [-0.15, -0.1) is 6.42 Å². The lowest BCUT2D eigenvalue weighted by Gasteiger charge is -2.43. The molecule has 3 heteroatoms. The summed E-state index contributed by atoms with van der Waals surface area (Å²) >= 11 is 0. The SMILES string of the molecule is C#C[C@@H](O)CCCCCO[Si](c1ccccc1)(c1ccccc1)C(C)(C)C. The van der Waals surface area contributed by atoms with Crippen molar-refractivity contribution in [2.24, 2.45) is 0 Å². The molecule has 2 nitrogen and oxygen atoms in total. The van der Waals surface area contributed by atoms with Crippen LogP contribution in [0.2, 0.25) is 5.04 Å². The Morgan fingerprint density at radius 3 is 1.89 bits per heavy atom. The van der Waals surface area contributed by atoms with Gasteiger partial charge in [-0.05, 0) is 34.7 Å². The van der Waals surface area contributed by atoms with E-state index in [0.29, 0.717) is 6.42 Å². The van der Waals surface area contributed by atoms with Gasteiger partial charge in [-0.3, -0.25) is 0 Å². The molecule has 0 heterocycles. The van der Waals surface area contributed by atoms with Crippen molar-refractivity contribution in [2.45, 2.75) is 57.6 Å². The molecule has 0 aliphatic carbocycles. The predicted octanol–water partition coefficient (Wildman–Crippen LogP) is 4.12. The van der Waals surface area contributed by atoms with Gasteiger partial charge in [0.05, 0.1) is 0 Å². The fraction of sp³-hybridized carbons (Fsp3) is 0.417. The van der Waals surface area contributed by atoms with Crippen LogP contribution in [-0.2, 0) is 4.43 Å². The maximum absolute atomic E-state index is 9.49. The molecule has 0 radical (unpaired) electrons. The zero-order valence-electron chi connectivity index (χ0n) is 16.8. The molecule has 2 aromatic carbocycles. The van der Waals surface area contributed by atoms with Gasteiger partial charge in [0, 0.05) is 6.61 Å². The molecule has 1 atom stereocenters. The molecule has 27 heavy (non-hydrogen) atoms. The lowest BCUT2D eigenvalue weighted by Crippen LogP contribution is -2.66. The van der Waals surface area contributed by atoms with E-state index in [4.69, 9.17) is 10.8 Å². The standard InChI is InChI=1S/C24H32O2Si/c1-5-21(25)15-9-8-14-20-26-27(24(2,3)4,22-16-10-6-11-17-22)23-18-12-7-13-19-23/h1,6-7,10-13,16-19,21,25H,8-9,14-15,20H2,2-4H3/t21-/m1/s1. The molecule has 2 rings (SSSR count). The van der Waals surface area contributed by atoms with Gasteiger partial charge in [-0.1, -0.05) is 93.8 Å². The van der Waals surface area contributed by atoms with Gasteiger partial charge >= 0.3 is 0 Å². The molecule has 144 valence electrons. The smallest absolute Gasteiger partial charge is 0.261 e. The maximum atomic E-state index is 9.49. The molecule has 0 spiro atoms. The van der Waals surface area contributed by atoms with Crippen molar-refractivity contribution in [2.75, 3.05) is 6.61 Å². The quantitative estimate of drug-likeness (QED) is 0.403. The van der Waals surface area contributed by atoms with Crippen LogP contribution in [0.1, 0.15) is 46.5 Å². The molecular formula is C24H32O2Si. The summed E-state index contributed by atoms with van der Waals surface area (Å²) in [7, 11) is -2.42. The minimum atomic E-state index is -2.42. The highest BCUT2D eigenvalue weighted by Crippen LogP contribution is 2.36. The van der Waals surface area contributed by atoms with E-state index in [1.807, 2.05) is 0 Å². The van der Waals surface area contributed by atoms with Crippen molar-refractivity contribution >= 4 is 18.7 Å². The van der Waals surface area contributed by atoms with Crippen LogP contribution in [0, 0.1) is 12.3 Å². The topological polar surface area (TPSA) is 29.5 Å². The van der Waals surface area contributed by atoms with Gasteiger partial charge in [0.15, 0.2) is 0 Å². The molecule has 0 saturated carbocycles. The van der Waals surface area contributed by atoms with Gasteiger partial charge in [-0.2, -0.15) is 0 Å². The first-order chi connectivity index (χ1) is 12.9. The Hall–Kier alpha value is -1.86. The monoisotopic (exact) mass is 380 g/mol. The highest BCUT2D eigenvalue weighted by Gasteiger charge is 2.49. The molecule has 0 amide bonds. The largest absolute Gasteiger partial charge is 0.407 e. The van der Waals surface area contributed by atoms with E-state index >= 15 is 0 Å². The Morgan fingerprint density at radius 1 is 0.926 bits per heavy atom. The normalized spacial score (nSPS) is 13.1. The van der Waals surface area contributed by atoms with E-state index in [-0.39, 0.29) is 5.04 Å². The van der Waals surface area contributed by atoms with E-state index < -0.39 is 14.4 Å². The van der Waals surface area contributed by atoms with Crippen molar-refractivity contribution < 1.29 is 9.53 Å². The summed E-state index contributed by atoms with van der Waals surface area (Å²) in [5.74, 6) is 2.37. The number of hydrogen-bond donors (Lipinski definition) is 1. The molecule has 0 aliphatic rings. The van der Waals surface area contributed by atoms with Crippen LogP contribution < -0.4 is 10.4 Å². The van der Waals surface area contributed by atoms with Gasteiger partial charge in [0.2, 0.25) is 0 Å². The predicted molar refractivity (Wildman–Crippen MR) is 117 cm³/mol. The van der Waals surface area contributed by atoms with E-state index in [0.717, 1.165) is 25.9 Å². The molecule has 0 bridgehead atoms. The number of aliphatic hydroxyl groups excluding tert-OH is 1. The van der Waals surface area contributed by atoms with Gasteiger partial charge < -0.3 is 9.53 Å². The summed E-state index contributed by atoms with van der Waals surface area (Å²) in [5, 5.41) is 12.1.